The number of aromatic nitrogens is 1. The lowest BCUT2D eigenvalue weighted by atomic mass is 10.0. The second-order valence-electron chi connectivity index (χ2n) is 6.94. The molecule has 1 aromatic heterocycles. The molecule has 148 valence electrons. The van der Waals surface area contributed by atoms with Crippen molar-refractivity contribution < 1.29 is 24.5 Å². The Balaban J connectivity index is 1.72. The molecular weight excluding hydrogens is 382 g/mol. The highest BCUT2D eigenvalue weighted by Crippen LogP contribution is 2.45. The third-order valence-corrected chi connectivity index (χ3v) is 5.17. The standard InChI is InChI=1S/C24H17NO5/c1-29-14-7-9-18-16(11-14)17(21(25-18)13-5-3-2-4-6-13)12-20-22(27)15-8-10-19(26)23(28)24(15)30-20/h2-12,25-26,28H,1H3. The van der Waals surface area contributed by atoms with Crippen LogP contribution in [-0.4, -0.2) is 28.1 Å². The van der Waals surface area contributed by atoms with Crippen LogP contribution in [0.15, 0.2) is 66.4 Å². The quantitative estimate of drug-likeness (QED) is 0.338. The van der Waals surface area contributed by atoms with Crippen molar-refractivity contribution in [3.05, 3.63) is 77.5 Å². The van der Waals surface area contributed by atoms with Gasteiger partial charge in [-0.15, -0.1) is 0 Å². The van der Waals surface area contributed by atoms with Crippen LogP contribution < -0.4 is 9.47 Å². The van der Waals surface area contributed by atoms with E-state index in [4.69, 9.17) is 9.47 Å². The van der Waals surface area contributed by atoms with Crippen LogP contribution in [0.1, 0.15) is 15.9 Å². The molecule has 6 heteroatoms. The van der Waals surface area contributed by atoms with E-state index in [1.807, 2.05) is 48.5 Å². The van der Waals surface area contributed by atoms with Gasteiger partial charge in [0.2, 0.25) is 11.5 Å². The van der Waals surface area contributed by atoms with Gasteiger partial charge in [0.05, 0.1) is 18.4 Å². The highest BCUT2D eigenvalue weighted by atomic mass is 16.5. The summed E-state index contributed by atoms with van der Waals surface area (Å²) in [4.78, 5) is 16.3. The fourth-order valence-corrected chi connectivity index (χ4v) is 3.66. The number of aromatic hydroxyl groups is 2. The first-order valence-electron chi connectivity index (χ1n) is 9.31. The smallest absolute Gasteiger partial charge is 0.232 e. The van der Waals surface area contributed by atoms with E-state index in [2.05, 4.69) is 4.98 Å². The van der Waals surface area contributed by atoms with Crippen molar-refractivity contribution in [3.8, 4) is 34.3 Å². The SMILES string of the molecule is COc1ccc2[nH]c(-c3ccccc3)c(C=C3Oc4c(ccc(O)c4O)C3=O)c2c1. The third kappa shape index (κ3) is 2.69. The number of carbonyl (C=O) groups is 1. The van der Waals surface area contributed by atoms with Gasteiger partial charge in [0.15, 0.2) is 17.3 Å². The molecule has 4 aromatic rings. The second-order valence-corrected chi connectivity index (χ2v) is 6.94. The Hall–Kier alpha value is -4.19. The molecule has 1 aliphatic heterocycles. The molecule has 1 aliphatic rings. The molecule has 0 saturated heterocycles. The van der Waals surface area contributed by atoms with Gasteiger partial charge in [0, 0.05) is 16.5 Å². The van der Waals surface area contributed by atoms with E-state index in [9.17, 15) is 15.0 Å². The lowest BCUT2D eigenvalue weighted by Crippen LogP contribution is -1.98. The summed E-state index contributed by atoms with van der Waals surface area (Å²) in [5, 5.41) is 20.7. The van der Waals surface area contributed by atoms with Gasteiger partial charge in [-0.1, -0.05) is 30.3 Å². The monoisotopic (exact) mass is 399 g/mol. The predicted octanol–water partition coefficient (Wildman–Crippen LogP) is 4.87. The van der Waals surface area contributed by atoms with E-state index in [-0.39, 0.29) is 28.6 Å². The van der Waals surface area contributed by atoms with E-state index < -0.39 is 5.75 Å². The summed E-state index contributed by atoms with van der Waals surface area (Å²) in [7, 11) is 1.60. The Labute approximate surface area is 171 Å². The summed E-state index contributed by atoms with van der Waals surface area (Å²) in [5.41, 5.74) is 3.61. The Morgan fingerprint density at radius 1 is 1.03 bits per heavy atom. The van der Waals surface area contributed by atoms with Gasteiger partial charge in [-0.25, -0.2) is 0 Å². The summed E-state index contributed by atoms with van der Waals surface area (Å²) >= 11 is 0. The van der Waals surface area contributed by atoms with Crippen LogP contribution in [0.2, 0.25) is 0 Å². The number of phenolic OH excluding ortho intramolecular Hbond substituents is 2. The van der Waals surface area contributed by atoms with Crippen LogP contribution in [0.4, 0.5) is 0 Å². The Bertz CT molecular complexity index is 1330. The Kier molecular flexibility index (Phi) is 3.99. The number of benzene rings is 3. The Morgan fingerprint density at radius 3 is 2.60 bits per heavy atom. The number of phenols is 2. The number of Topliss-reactive ketones (excluding diaryl/α,β-unsaturated/α-hetero) is 1. The molecule has 30 heavy (non-hydrogen) atoms. The van der Waals surface area contributed by atoms with Crippen LogP contribution in [-0.2, 0) is 0 Å². The summed E-state index contributed by atoms with van der Waals surface area (Å²) in [6.07, 6.45) is 1.65. The van der Waals surface area contributed by atoms with Gasteiger partial charge in [0.25, 0.3) is 0 Å². The molecule has 0 spiro atoms. The molecule has 3 aromatic carbocycles. The average Bonchev–Trinajstić information content (AvgIpc) is 3.29. The molecule has 0 unspecified atom stereocenters. The van der Waals surface area contributed by atoms with Crippen molar-refractivity contribution in [2.75, 3.05) is 7.11 Å². The summed E-state index contributed by atoms with van der Waals surface area (Å²) < 4.78 is 11.0. The largest absolute Gasteiger partial charge is 0.504 e. The van der Waals surface area contributed by atoms with Gasteiger partial charge in [-0.3, -0.25) is 4.79 Å². The number of rotatable bonds is 3. The molecule has 0 radical (unpaired) electrons. The first-order valence-corrected chi connectivity index (χ1v) is 9.31. The summed E-state index contributed by atoms with van der Waals surface area (Å²) in [6.45, 7) is 0. The lowest BCUT2D eigenvalue weighted by Gasteiger charge is -2.04. The first-order chi connectivity index (χ1) is 14.6. The molecule has 0 bridgehead atoms. The molecule has 2 heterocycles. The number of H-pyrrole nitrogens is 1. The van der Waals surface area contributed by atoms with E-state index in [0.717, 1.165) is 27.7 Å². The topological polar surface area (TPSA) is 91.8 Å². The number of allylic oxidation sites excluding steroid dienone is 1. The minimum Gasteiger partial charge on any atom is -0.504 e. The molecule has 0 atom stereocenters. The Morgan fingerprint density at radius 2 is 1.83 bits per heavy atom. The van der Waals surface area contributed by atoms with E-state index >= 15 is 0 Å². The zero-order valence-corrected chi connectivity index (χ0v) is 16.0. The highest BCUT2D eigenvalue weighted by Gasteiger charge is 2.32. The first kappa shape index (κ1) is 17.9. The number of ketones is 1. The summed E-state index contributed by atoms with van der Waals surface area (Å²) in [5.74, 6) is -0.448. The maximum absolute atomic E-state index is 12.9. The fraction of sp³-hybridized carbons (Fsp3) is 0.0417. The van der Waals surface area contributed by atoms with Crippen LogP contribution in [0.3, 0.4) is 0 Å². The number of carbonyl (C=O) groups excluding carboxylic acids is 1. The maximum Gasteiger partial charge on any atom is 0.232 e. The molecular formula is C24H17NO5. The zero-order valence-electron chi connectivity index (χ0n) is 16.0. The van der Waals surface area contributed by atoms with Crippen LogP contribution in [0.25, 0.3) is 28.2 Å². The lowest BCUT2D eigenvalue weighted by molar-refractivity contribution is 0.101. The molecule has 0 fully saturated rings. The number of hydrogen-bond acceptors (Lipinski definition) is 5. The van der Waals surface area contributed by atoms with Crippen molar-refractivity contribution >= 4 is 22.8 Å². The van der Waals surface area contributed by atoms with Crippen LogP contribution in [0, 0.1) is 0 Å². The van der Waals surface area contributed by atoms with Crippen LogP contribution in [0.5, 0.6) is 23.0 Å². The second kappa shape index (κ2) is 6.70. The number of hydrogen-bond donors (Lipinski definition) is 3. The van der Waals surface area contributed by atoms with Crippen molar-refractivity contribution in [2.24, 2.45) is 0 Å². The predicted molar refractivity (Wildman–Crippen MR) is 113 cm³/mol. The van der Waals surface area contributed by atoms with Crippen molar-refractivity contribution in [1.29, 1.82) is 0 Å². The fourth-order valence-electron chi connectivity index (χ4n) is 3.66. The highest BCUT2D eigenvalue weighted by molar-refractivity contribution is 6.16. The van der Waals surface area contributed by atoms with Crippen molar-refractivity contribution in [3.63, 3.8) is 0 Å². The number of nitrogens with one attached hydrogen (secondary N) is 1. The van der Waals surface area contributed by atoms with E-state index in [1.54, 1.807) is 13.2 Å². The minimum atomic E-state index is -0.451. The van der Waals surface area contributed by atoms with E-state index in [1.165, 1.54) is 12.1 Å². The number of methoxy groups -OCH3 is 1. The average molecular weight is 399 g/mol. The number of ether oxygens (including phenoxy) is 2. The minimum absolute atomic E-state index is 0.0371. The third-order valence-electron chi connectivity index (χ3n) is 5.17. The molecule has 0 saturated carbocycles. The molecule has 0 amide bonds. The maximum atomic E-state index is 12.9. The van der Waals surface area contributed by atoms with E-state index in [0.29, 0.717) is 5.75 Å². The van der Waals surface area contributed by atoms with Gasteiger partial charge in [-0.05, 0) is 42.0 Å². The van der Waals surface area contributed by atoms with Crippen molar-refractivity contribution in [2.45, 2.75) is 0 Å². The van der Waals surface area contributed by atoms with Gasteiger partial charge < -0.3 is 24.7 Å². The zero-order chi connectivity index (χ0) is 20.8. The number of aromatic amines is 1. The number of fused-ring (bicyclic) bond motifs is 2. The van der Waals surface area contributed by atoms with Crippen molar-refractivity contribution in [1.82, 2.24) is 4.98 Å². The molecule has 3 N–H and O–H groups in total. The molecule has 5 rings (SSSR count). The van der Waals surface area contributed by atoms with Gasteiger partial charge in [-0.2, -0.15) is 0 Å². The molecule has 0 aliphatic carbocycles. The normalized spacial score (nSPS) is 14.2. The molecule has 6 nitrogen and oxygen atoms in total. The summed E-state index contributed by atoms with van der Waals surface area (Å²) in [6, 6.07) is 18.1. The van der Waals surface area contributed by atoms with Gasteiger partial charge in [0.1, 0.15) is 5.75 Å². The van der Waals surface area contributed by atoms with Gasteiger partial charge >= 0.3 is 0 Å². The van der Waals surface area contributed by atoms with Crippen LogP contribution >= 0.6 is 0 Å².